The van der Waals surface area contributed by atoms with E-state index in [1.165, 1.54) is 11.1 Å². The fraction of sp³-hybridized carbons (Fsp3) is 0.333. The number of nitrogens with zero attached hydrogens (tertiary/aromatic N) is 2. The molecule has 0 aromatic heterocycles. The minimum absolute atomic E-state index is 0.0424. The molecule has 0 saturated carbocycles. The molecular formula is C21H23N3O2. The minimum atomic E-state index is -0.164. The second kappa shape index (κ2) is 6.92. The maximum Gasteiger partial charge on any atom is 0.241 e. The molecule has 0 radical (unpaired) electrons. The molecule has 0 fully saturated rings. The van der Waals surface area contributed by atoms with Gasteiger partial charge in [-0.15, -0.1) is 0 Å². The lowest BCUT2D eigenvalue weighted by Crippen LogP contribution is -2.46. The molecule has 134 valence electrons. The van der Waals surface area contributed by atoms with Crippen LogP contribution in [-0.4, -0.2) is 35.8 Å². The zero-order valence-corrected chi connectivity index (χ0v) is 14.9. The maximum absolute atomic E-state index is 13.2. The van der Waals surface area contributed by atoms with Crippen LogP contribution in [0.1, 0.15) is 24.5 Å². The molecule has 4 rings (SSSR count). The molecule has 0 saturated heterocycles. The van der Waals surface area contributed by atoms with Crippen LogP contribution in [0, 0.1) is 0 Å². The summed E-state index contributed by atoms with van der Waals surface area (Å²) in [4.78, 5) is 29.2. The molecule has 5 heteroatoms. The van der Waals surface area contributed by atoms with E-state index >= 15 is 0 Å². The van der Waals surface area contributed by atoms with E-state index in [0.29, 0.717) is 18.7 Å². The molecule has 26 heavy (non-hydrogen) atoms. The number of carbonyl (C=O) groups excluding carboxylic acids is 2. The van der Waals surface area contributed by atoms with E-state index in [9.17, 15) is 9.59 Å². The minimum Gasteiger partial charge on any atom is -0.324 e. The first-order valence-corrected chi connectivity index (χ1v) is 9.12. The van der Waals surface area contributed by atoms with Crippen LogP contribution in [0.5, 0.6) is 0 Å². The number of carbonyl (C=O) groups is 2. The highest BCUT2D eigenvalue weighted by atomic mass is 16.2. The summed E-state index contributed by atoms with van der Waals surface area (Å²) >= 11 is 0. The van der Waals surface area contributed by atoms with Gasteiger partial charge < -0.3 is 10.2 Å². The predicted molar refractivity (Wildman–Crippen MR) is 102 cm³/mol. The highest BCUT2D eigenvalue weighted by Gasteiger charge is 2.30. The zero-order chi connectivity index (χ0) is 18.1. The third-order valence-corrected chi connectivity index (χ3v) is 5.20. The Labute approximate surface area is 153 Å². The van der Waals surface area contributed by atoms with Gasteiger partial charge in [0.2, 0.25) is 11.8 Å². The van der Waals surface area contributed by atoms with Gasteiger partial charge in [0.25, 0.3) is 0 Å². The molecule has 5 nitrogen and oxygen atoms in total. The summed E-state index contributed by atoms with van der Waals surface area (Å²) in [5.41, 5.74) is 4.17. The molecule has 1 atom stereocenters. The van der Waals surface area contributed by atoms with Gasteiger partial charge in [0.15, 0.2) is 0 Å². The number of anilines is 2. The summed E-state index contributed by atoms with van der Waals surface area (Å²) in [5.74, 6) is -0.00650. The first-order valence-electron chi connectivity index (χ1n) is 9.12. The van der Waals surface area contributed by atoms with Crippen molar-refractivity contribution in [2.45, 2.75) is 32.4 Å². The number of fused-ring (bicyclic) bond motifs is 2. The smallest absolute Gasteiger partial charge is 0.241 e. The molecule has 1 N–H and O–H groups in total. The van der Waals surface area contributed by atoms with Gasteiger partial charge in [0.1, 0.15) is 0 Å². The molecule has 0 bridgehead atoms. The van der Waals surface area contributed by atoms with Crippen LogP contribution in [0.15, 0.2) is 48.5 Å². The van der Waals surface area contributed by atoms with Gasteiger partial charge in [-0.05, 0) is 36.6 Å². The first kappa shape index (κ1) is 16.8. The lowest BCUT2D eigenvalue weighted by atomic mass is 10.00. The monoisotopic (exact) mass is 349 g/mol. The lowest BCUT2D eigenvalue weighted by molar-refractivity contribution is -0.120. The Bertz CT molecular complexity index is 849. The van der Waals surface area contributed by atoms with Crippen LogP contribution in [0.2, 0.25) is 0 Å². The average molecular weight is 349 g/mol. The Morgan fingerprint density at radius 1 is 1.12 bits per heavy atom. The standard InChI is InChI=1S/C21H23N3O2/c1-15-12-20(25)22-18-8-4-5-9-19(18)24(15)21(26)14-23-11-10-16-6-2-3-7-17(16)13-23/h2-9,15H,10-14H2,1H3,(H,22,25). The summed E-state index contributed by atoms with van der Waals surface area (Å²) in [6, 6.07) is 15.8. The van der Waals surface area contributed by atoms with Gasteiger partial charge in [-0.1, -0.05) is 36.4 Å². The van der Waals surface area contributed by atoms with E-state index in [1.807, 2.05) is 31.2 Å². The third kappa shape index (κ3) is 3.22. The van der Waals surface area contributed by atoms with Gasteiger partial charge in [-0.3, -0.25) is 14.5 Å². The Balaban J connectivity index is 1.55. The Kier molecular flexibility index (Phi) is 4.47. The maximum atomic E-state index is 13.2. The summed E-state index contributed by atoms with van der Waals surface area (Å²) in [6.45, 7) is 3.97. The van der Waals surface area contributed by atoms with Gasteiger partial charge in [0, 0.05) is 25.6 Å². The summed E-state index contributed by atoms with van der Waals surface area (Å²) in [5, 5.41) is 2.91. The van der Waals surface area contributed by atoms with E-state index in [2.05, 4.69) is 34.5 Å². The molecule has 2 aromatic rings. The highest BCUT2D eigenvalue weighted by Crippen LogP contribution is 2.31. The topological polar surface area (TPSA) is 52.7 Å². The van der Waals surface area contributed by atoms with E-state index in [0.717, 1.165) is 25.2 Å². The number of amides is 2. The van der Waals surface area contributed by atoms with Crippen LogP contribution < -0.4 is 10.2 Å². The highest BCUT2D eigenvalue weighted by molar-refractivity contribution is 6.04. The molecule has 2 aliphatic rings. The van der Waals surface area contributed by atoms with Crippen molar-refractivity contribution in [1.82, 2.24) is 4.90 Å². The van der Waals surface area contributed by atoms with Gasteiger partial charge in [-0.2, -0.15) is 0 Å². The molecule has 2 heterocycles. The van der Waals surface area contributed by atoms with Crippen molar-refractivity contribution in [2.75, 3.05) is 23.3 Å². The number of hydrogen-bond acceptors (Lipinski definition) is 3. The molecule has 2 amide bonds. The van der Waals surface area contributed by atoms with E-state index in [1.54, 1.807) is 4.90 Å². The molecule has 1 unspecified atom stereocenters. The Morgan fingerprint density at radius 2 is 1.85 bits per heavy atom. The number of para-hydroxylation sites is 2. The average Bonchev–Trinajstić information content (AvgIpc) is 2.75. The zero-order valence-electron chi connectivity index (χ0n) is 14.9. The molecule has 2 aliphatic heterocycles. The van der Waals surface area contributed by atoms with Gasteiger partial charge in [0.05, 0.1) is 17.9 Å². The van der Waals surface area contributed by atoms with Crippen molar-refractivity contribution in [3.63, 3.8) is 0 Å². The fourth-order valence-electron chi connectivity index (χ4n) is 3.92. The first-order chi connectivity index (χ1) is 12.6. The number of hydrogen-bond donors (Lipinski definition) is 1. The van der Waals surface area contributed by atoms with Crippen LogP contribution >= 0.6 is 0 Å². The second-order valence-corrected chi connectivity index (χ2v) is 7.11. The largest absolute Gasteiger partial charge is 0.324 e. The van der Waals surface area contributed by atoms with E-state index in [4.69, 9.17) is 0 Å². The van der Waals surface area contributed by atoms with Crippen molar-refractivity contribution in [1.29, 1.82) is 0 Å². The Morgan fingerprint density at radius 3 is 2.69 bits per heavy atom. The van der Waals surface area contributed by atoms with Crippen molar-refractivity contribution < 1.29 is 9.59 Å². The third-order valence-electron chi connectivity index (χ3n) is 5.20. The van der Waals surface area contributed by atoms with E-state index in [-0.39, 0.29) is 17.9 Å². The summed E-state index contributed by atoms with van der Waals surface area (Å²) < 4.78 is 0. The van der Waals surface area contributed by atoms with Gasteiger partial charge in [-0.25, -0.2) is 0 Å². The summed E-state index contributed by atoms with van der Waals surface area (Å²) in [7, 11) is 0. The number of nitrogens with one attached hydrogen (secondary N) is 1. The number of benzene rings is 2. The SMILES string of the molecule is CC1CC(=O)Nc2ccccc2N1C(=O)CN1CCc2ccccc2C1. The van der Waals surface area contributed by atoms with Gasteiger partial charge >= 0.3 is 0 Å². The van der Waals surface area contributed by atoms with Crippen molar-refractivity contribution in [3.05, 3.63) is 59.7 Å². The Hall–Kier alpha value is -2.66. The normalized spacial score (nSPS) is 20.0. The van der Waals surface area contributed by atoms with Crippen LogP contribution in [-0.2, 0) is 22.6 Å². The lowest BCUT2D eigenvalue weighted by Gasteiger charge is -2.33. The van der Waals surface area contributed by atoms with Crippen molar-refractivity contribution in [2.24, 2.45) is 0 Å². The molecule has 0 aliphatic carbocycles. The number of rotatable bonds is 2. The molecule has 2 aromatic carbocycles. The van der Waals surface area contributed by atoms with Crippen molar-refractivity contribution >= 4 is 23.2 Å². The van der Waals surface area contributed by atoms with Crippen molar-refractivity contribution in [3.8, 4) is 0 Å². The summed E-state index contributed by atoms with van der Waals surface area (Å²) in [6.07, 6.45) is 1.28. The van der Waals surface area contributed by atoms with Crippen LogP contribution in [0.25, 0.3) is 0 Å². The van der Waals surface area contributed by atoms with Crippen LogP contribution in [0.4, 0.5) is 11.4 Å². The van der Waals surface area contributed by atoms with E-state index < -0.39 is 0 Å². The predicted octanol–water partition coefficient (Wildman–Crippen LogP) is 2.81. The molecule has 0 spiro atoms. The molecular weight excluding hydrogens is 326 g/mol. The van der Waals surface area contributed by atoms with Crippen LogP contribution in [0.3, 0.4) is 0 Å². The fourth-order valence-corrected chi connectivity index (χ4v) is 3.92. The second-order valence-electron chi connectivity index (χ2n) is 7.11. The quantitative estimate of drug-likeness (QED) is 0.907.